The number of carbonyl (C=O) groups excluding carboxylic acids is 1. The molecule has 0 saturated heterocycles. The Kier molecular flexibility index (Phi) is 11.8. The summed E-state index contributed by atoms with van der Waals surface area (Å²) in [5.74, 6) is -2.00. The number of non-ortho nitro benzene ring substituents is 1. The molecule has 0 heterocycles. The Bertz CT molecular complexity index is 3330. The fourth-order valence-electron chi connectivity index (χ4n) is 6.44. The monoisotopic (exact) mass is 906 g/mol. The maximum absolute atomic E-state index is 13.9. The van der Waals surface area contributed by atoms with Gasteiger partial charge in [-0.25, -0.2) is 4.79 Å². The molecule has 0 atom stereocenters. The normalized spacial score (nSPS) is 13.6. The van der Waals surface area contributed by atoms with Crippen LogP contribution in [0.25, 0.3) is 28.0 Å². The van der Waals surface area contributed by atoms with E-state index in [0.717, 1.165) is 24.3 Å². The van der Waals surface area contributed by atoms with E-state index >= 15 is 0 Å². The topological polar surface area (TPSA) is 325 Å². The van der Waals surface area contributed by atoms with E-state index in [2.05, 4.69) is 31.0 Å². The summed E-state index contributed by atoms with van der Waals surface area (Å²) < 4.78 is 79.5. The summed E-state index contributed by atoms with van der Waals surface area (Å²) in [6, 6.07) is 24.3. The van der Waals surface area contributed by atoms with Gasteiger partial charge in [0.2, 0.25) is 5.78 Å². The van der Waals surface area contributed by atoms with Crippen molar-refractivity contribution in [3.8, 4) is 22.6 Å². The SMILES string of the molecule is COc1cc(-c2ccc(N/N=C3\C(=O)c4ccc(N)c(N=Nc5ccc([N+](=O)[O-])cc5C(=O)O)c4C=C3S(=O)(=O)O)c(OC)c2)ccc1N=Nc1cccc2cc(S(=O)(=O)O)ccc12. The minimum absolute atomic E-state index is 0.123. The van der Waals surface area contributed by atoms with Crippen molar-refractivity contribution in [2.75, 3.05) is 25.4 Å². The number of nitrogens with one attached hydrogen (secondary N) is 1. The number of carboxylic acid groups (broad SMARTS) is 1. The van der Waals surface area contributed by atoms with E-state index in [0.29, 0.717) is 39.0 Å². The molecular weight excluding hydrogens is 877 g/mol. The lowest BCUT2D eigenvalue weighted by Gasteiger charge is -2.18. The van der Waals surface area contributed by atoms with Gasteiger partial charge in [0.25, 0.3) is 25.9 Å². The van der Waals surface area contributed by atoms with Gasteiger partial charge in [-0.2, -0.15) is 21.9 Å². The van der Waals surface area contributed by atoms with Gasteiger partial charge in [-0.05, 0) is 83.3 Å². The molecule has 0 unspecified atom stereocenters. The molecule has 6 N–H and O–H groups in total. The Balaban J connectivity index is 1.17. The number of carboxylic acids is 1. The number of nitrogens with zero attached hydrogens (tertiary/aromatic N) is 6. The molecule has 0 amide bonds. The molecule has 0 radical (unpaired) electrons. The van der Waals surface area contributed by atoms with Crippen molar-refractivity contribution in [3.05, 3.63) is 135 Å². The predicted octanol–water partition coefficient (Wildman–Crippen LogP) is 8.68. The van der Waals surface area contributed by atoms with Gasteiger partial charge in [-0.3, -0.25) is 29.4 Å². The molecule has 0 fully saturated rings. The van der Waals surface area contributed by atoms with Gasteiger partial charge in [-0.1, -0.05) is 30.3 Å². The molecule has 6 aromatic carbocycles. The number of aromatic carboxylic acids is 1. The average molecular weight is 907 g/mol. The van der Waals surface area contributed by atoms with E-state index in [1.165, 1.54) is 50.6 Å². The first kappa shape index (κ1) is 43.8. The number of hydrogen-bond donors (Lipinski definition) is 5. The van der Waals surface area contributed by atoms with Crippen molar-refractivity contribution in [1.29, 1.82) is 0 Å². The van der Waals surface area contributed by atoms with Crippen LogP contribution in [0.3, 0.4) is 0 Å². The summed E-state index contributed by atoms with van der Waals surface area (Å²) >= 11 is 0. The first-order valence-electron chi connectivity index (χ1n) is 18.1. The number of methoxy groups -OCH3 is 2. The number of hydrazone groups is 1. The number of Topliss-reactive ketones (excluding diaryl/α,β-unsaturated/α-hetero) is 1. The first-order valence-corrected chi connectivity index (χ1v) is 21.0. The number of ether oxygens (including phenoxy) is 2. The van der Waals surface area contributed by atoms with Gasteiger partial charge in [0.15, 0.2) is 5.71 Å². The standard InChI is InChI=1S/C41H30N8O13S2/c1-61-35-17-21(6-13-33(35)45-43-31-5-3-4-23-16-25(63(55,56)57)9-10-26(23)31)22-7-14-34(36(18-22)62-2)46-48-39-37(64(58,59)60)20-28-27(40(39)50)11-12-30(42)38(28)47-44-32-15-8-24(49(53)54)19-29(32)41(51)52/h3-20,46H,42H2,1-2H3,(H,51,52)(H,55,56,57)(H,58,59,60)/b45-43?,47-44?,48-39-. The Labute approximate surface area is 361 Å². The lowest BCUT2D eigenvalue weighted by molar-refractivity contribution is -0.384. The van der Waals surface area contributed by atoms with Crippen LogP contribution in [0.4, 0.5) is 39.8 Å². The van der Waals surface area contributed by atoms with E-state index < -0.39 is 58.8 Å². The fraction of sp³-hybridized carbons (Fsp3) is 0.0488. The third-order valence-corrected chi connectivity index (χ3v) is 11.3. The highest BCUT2D eigenvalue weighted by Crippen LogP contribution is 2.40. The Morgan fingerprint density at radius 1 is 0.766 bits per heavy atom. The number of nitro benzene ring substituents is 1. The van der Waals surface area contributed by atoms with Crippen LogP contribution in [0.15, 0.2) is 138 Å². The molecule has 1 aliphatic carbocycles. The van der Waals surface area contributed by atoms with Gasteiger partial charge in [-0.15, -0.1) is 20.5 Å². The summed E-state index contributed by atoms with van der Waals surface area (Å²) in [6.07, 6.45) is 0.895. The predicted molar refractivity (Wildman–Crippen MR) is 233 cm³/mol. The summed E-state index contributed by atoms with van der Waals surface area (Å²) in [5.41, 5.74) is 8.05. The largest absolute Gasteiger partial charge is 0.494 e. The highest BCUT2D eigenvalue weighted by Gasteiger charge is 2.35. The van der Waals surface area contributed by atoms with Crippen molar-refractivity contribution in [3.63, 3.8) is 0 Å². The fourth-order valence-corrected chi connectivity index (χ4v) is 7.61. The third kappa shape index (κ3) is 8.88. The van der Waals surface area contributed by atoms with Gasteiger partial charge in [0.1, 0.15) is 33.5 Å². The molecule has 0 spiro atoms. The number of fused-ring (bicyclic) bond motifs is 2. The Morgan fingerprint density at radius 3 is 2.11 bits per heavy atom. The van der Waals surface area contributed by atoms with E-state index in [9.17, 15) is 50.8 Å². The number of carbonyl (C=O) groups is 2. The number of nitrogens with two attached hydrogens (primary N) is 1. The molecule has 0 aromatic heterocycles. The molecule has 23 heteroatoms. The Morgan fingerprint density at radius 2 is 1.44 bits per heavy atom. The van der Waals surface area contributed by atoms with E-state index in [1.54, 1.807) is 48.5 Å². The highest BCUT2D eigenvalue weighted by molar-refractivity contribution is 7.91. The van der Waals surface area contributed by atoms with Crippen molar-refractivity contribution in [2.24, 2.45) is 25.6 Å². The van der Waals surface area contributed by atoms with Gasteiger partial charge >= 0.3 is 5.97 Å². The number of azo groups is 2. The Hall–Kier alpha value is -8.25. The van der Waals surface area contributed by atoms with Crippen molar-refractivity contribution >= 4 is 94.4 Å². The number of rotatable bonds is 13. The molecule has 64 heavy (non-hydrogen) atoms. The van der Waals surface area contributed by atoms with Crippen LogP contribution >= 0.6 is 0 Å². The lowest BCUT2D eigenvalue weighted by atomic mass is 9.92. The van der Waals surface area contributed by atoms with E-state index in [-0.39, 0.29) is 44.5 Å². The van der Waals surface area contributed by atoms with Crippen molar-refractivity contribution in [2.45, 2.75) is 4.90 Å². The zero-order valence-electron chi connectivity index (χ0n) is 32.9. The quantitative estimate of drug-likeness (QED) is 0.0238. The maximum atomic E-state index is 13.9. The summed E-state index contributed by atoms with van der Waals surface area (Å²) in [6.45, 7) is 0. The number of benzene rings is 6. The smallest absolute Gasteiger partial charge is 0.338 e. The zero-order chi connectivity index (χ0) is 46.1. The first-order chi connectivity index (χ1) is 30.4. The molecule has 0 aliphatic heterocycles. The molecule has 7 rings (SSSR count). The number of ketones is 1. The third-order valence-electron chi connectivity index (χ3n) is 9.57. The lowest BCUT2D eigenvalue weighted by Crippen LogP contribution is -2.27. The van der Waals surface area contributed by atoms with Crippen LogP contribution in [0, 0.1) is 10.1 Å². The number of nitrogen functional groups attached to an aromatic ring is 1. The van der Waals surface area contributed by atoms with Crippen LogP contribution in [0.1, 0.15) is 26.3 Å². The van der Waals surface area contributed by atoms with E-state index in [4.69, 9.17) is 15.2 Å². The van der Waals surface area contributed by atoms with Crippen LogP contribution < -0.4 is 20.6 Å². The number of allylic oxidation sites excluding steroid dienone is 1. The van der Waals surface area contributed by atoms with Crippen molar-refractivity contribution in [1.82, 2.24) is 0 Å². The van der Waals surface area contributed by atoms with E-state index in [1.807, 2.05) is 0 Å². The number of nitro groups is 1. The molecule has 0 saturated carbocycles. The second kappa shape index (κ2) is 17.3. The summed E-state index contributed by atoms with van der Waals surface area (Å²) in [5, 5.41) is 42.5. The molecule has 324 valence electrons. The van der Waals surface area contributed by atoms with Gasteiger partial charge in [0.05, 0.1) is 46.7 Å². The molecule has 21 nitrogen and oxygen atoms in total. The summed E-state index contributed by atoms with van der Waals surface area (Å²) in [7, 11) is -6.76. The maximum Gasteiger partial charge on any atom is 0.338 e. The van der Waals surface area contributed by atoms with Crippen molar-refractivity contribution < 1.29 is 55.0 Å². The average Bonchev–Trinajstić information content (AvgIpc) is 3.26. The number of anilines is 2. The number of hydrogen-bond acceptors (Lipinski definition) is 17. The zero-order valence-corrected chi connectivity index (χ0v) is 34.5. The minimum atomic E-state index is -5.16. The van der Waals surface area contributed by atoms with Crippen LogP contribution in [0.5, 0.6) is 11.5 Å². The second-order valence-electron chi connectivity index (χ2n) is 13.5. The minimum Gasteiger partial charge on any atom is -0.494 e. The molecular formula is C41H30N8O13S2. The second-order valence-corrected chi connectivity index (χ2v) is 16.3. The van der Waals surface area contributed by atoms with Gasteiger partial charge in [0, 0.05) is 28.6 Å². The highest BCUT2D eigenvalue weighted by atomic mass is 32.2. The van der Waals surface area contributed by atoms with Gasteiger partial charge < -0.3 is 20.3 Å². The molecule has 1 aliphatic rings. The molecule has 0 bridgehead atoms. The van der Waals surface area contributed by atoms with Crippen LogP contribution in [-0.4, -0.2) is 67.7 Å². The summed E-state index contributed by atoms with van der Waals surface area (Å²) in [4.78, 5) is 34.9. The van der Waals surface area contributed by atoms with Crippen LogP contribution in [-0.2, 0) is 20.2 Å². The molecule has 6 aromatic rings. The van der Waals surface area contributed by atoms with Crippen LogP contribution in [0.2, 0.25) is 0 Å².